The quantitative estimate of drug-likeness (QED) is 0.747. The third kappa shape index (κ3) is 2.63. The third-order valence-corrected chi connectivity index (χ3v) is 2.91. The van der Waals surface area contributed by atoms with Gasteiger partial charge in [0.2, 0.25) is 5.91 Å². The van der Waals surface area contributed by atoms with Gasteiger partial charge in [0.1, 0.15) is 11.8 Å². The summed E-state index contributed by atoms with van der Waals surface area (Å²) >= 11 is 0. The Morgan fingerprint density at radius 3 is 2.94 bits per heavy atom. The molecular formula is C13H18N2O3. The van der Waals surface area contributed by atoms with Gasteiger partial charge in [-0.3, -0.25) is 4.79 Å². The Balaban J connectivity index is 2.01. The smallest absolute Gasteiger partial charge is 0.246 e. The summed E-state index contributed by atoms with van der Waals surface area (Å²) in [5.74, 6) is 0.742. The molecule has 2 rings (SSSR count). The van der Waals surface area contributed by atoms with E-state index in [1.807, 2.05) is 18.2 Å². The van der Waals surface area contributed by atoms with Crippen molar-refractivity contribution in [3.8, 4) is 5.75 Å². The van der Waals surface area contributed by atoms with Gasteiger partial charge in [0, 0.05) is 37.5 Å². The Bertz CT molecular complexity index is 434. The SMILES string of the molecule is CNC1C(=O)Nc2cc(OCCCOC)ccc21. The van der Waals surface area contributed by atoms with E-state index in [9.17, 15) is 4.79 Å². The second kappa shape index (κ2) is 5.84. The van der Waals surface area contributed by atoms with Crippen molar-refractivity contribution in [1.82, 2.24) is 5.32 Å². The Morgan fingerprint density at radius 1 is 1.39 bits per heavy atom. The van der Waals surface area contributed by atoms with Crippen LogP contribution in [0, 0.1) is 0 Å². The minimum absolute atomic E-state index is 0.0240. The van der Waals surface area contributed by atoms with Crippen LogP contribution in [-0.2, 0) is 9.53 Å². The van der Waals surface area contributed by atoms with Gasteiger partial charge >= 0.3 is 0 Å². The van der Waals surface area contributed by atoms with E-state index < -0.39 is 0 Å². The number of anilines is 1. The van der Waals surface area contributed by atoms with Crippen molar-refractivity contribution in [3.63, 3.8) is 0 Å². The van der Waals surface area contributed by atoms with Gasteiger partial charge in [-0.15, -0.1) is 0 Å². The number of rotatable bonds is 6. The van der Waals surface area contributed by atoms with Crippen molar-refractivity contribution < 1.29 is 14.3 Å². The number of likely N-dealkylation sites (N-methyl/N-ethyl adjacent to an activating group) is 1. The van der Waals surface area contributed by atoms with E-state index in [0.717, 1.165) is 23.4 Å². The van der Waals surface area contributed by atoms with Gasteiger partial charge in [-0.05, 0) is 13.1 Å². The molecule has 1 amide bonds. The highest BCUT2D eigenvalue weighted by atomic mass is 16.5. The van der Waals surface area contributed by atoms with Crippen LogP contribution in [0.1, 0.15) is 18.0 Å². The summed E-state index contributed by atoms with van der Waals surface area (Å²) in [7, 11) is 3.44. The molecule has 1 atom stereocenters. The number of benzene rings is 1. The fraction of sp³-hybridized carbons (Fsp3) is 0.462. The van der Waals surface area contributed by atoms with Gasteiger partial charge in [0.15, 0.2) is 0 Å². The van der Waals surface area contributed by atoms with Gasteiger partial charge in [-0.25, -0.2) is 0 Å². The lowest BCUT2D eigenvalue weighted by atomic mass is 10.1. The molecule has 0 aliphatic carbocycles. The van der Waals surface area contributed by atoms with Crippen molar-refractivity contribution in [2.24, 2.45) is 0 Å². The molecule has 1 aliphatic heterocycles. The second-order valence-corrected chi connectivity index (χ2v) is 4.15. The van der Waals surface area contributed by atoms with Crippen LogP contribution >= 0.6 is 0 Å². The number of methoxy groups -OCH3 is 1. The number of amides is 1. The van der Waals surface area contributed by atoms with Gasteiger partial charge < -0.3 is 20.1 Å². The first-order valence-electron chi connectivity index (χ1n) is 6.00. The van der Waals surface area contributed by atoms with E-state index in [4.69, 9.17) is 9.47 Å². The predicted octanol–water partition coefficient (Wildman–Crippen LogP) is 1.31. The summed E-state index contributed by atoms with van der Waals surface area (Å²) in [4.78, 5) is 11.6. The summed E-state index contributed by atoms with van der Waals surface area (Å²) in [6.45, 7) is 1.29. The van der Waals surface area contributed by atoms with Crippen LogP contribution in [0.25, 0.3) is 0 Å². The zero-order valence-electron chi connectivity index (χ0n) is 10.7. The summed E-state index contributed by atoms with van der Waals surface area (Å²) in [6, 6.07) is 5.40. The third-order valence-electron chi connectivity index (χ3n) is 2.91. The van der Waals surface area contributed by atoms with Gasteiger partial charge in [-0.1, -0.05) is 6.07 Å². The number of carbonyl (C=O) groups is 1. The lowest BCUT2D eigenvalue weighted by Crippen LogP contribution is -2.23. The summed E-state index contributed by atoms with van der Waals surface area (Å²) in [5, 5.41) is 5.81. The van der Waals surface area contributed by atoms with E-state index >= 15 is 0 Å². The first kappa shape index (κ1) is 12.9. The minimum Gasteiger partial charge on any atom is -0.493 e. The van der Waals surface area contributed by atoms with Crippen molar-refractivity contribution >= 4 is 11.6 Å². The lowest BCUT2D eigenvalue weighted by Gasteiger charge is -2.09. The molecule has 0 aromatic heterocycles. The molecule has 0 saturated heterocycles. The molecule has 1 heterocycles. The van der Waals surface area contributed by atoms with Crippen LogP contribution in [0.5, 0.6) is 5.75 Å². The zero-order chi connectivity index (χ0) is 13.0. The maximum absolute atomic E-state index is 11.6. The Labute approximate surface area is 106 Å². The highest BCUT2D eigenvalue weighted by molar-refractivity contribution is 6.02. The molecule has 98 valence electrons. The first-order valence-corrected chi connectivity index (χ1v) is 6.00. The fourth-order valence-corrected chi connectivity index (χ4v) is 2.01. The number of fused-ring (bicyclic) bond motifs is 1. The summed E-state index contributed by atoms with van der Waals surface area (Å²) < 4.78 is 10.5. The molecule has 0 bridgehead atoms. The van der Waals surface area contributed by atoms with Gasteiger partial charge in [0.05, 0.1) is 6.61 Å². The van der Waals surface area contributed by atoms with Crippen molar-refractivity contribution in [3.05, 3.63) is 23.8 Å². The molecule has 5 nitrogen and oxygen atoms in total. The molecule has 0 fully saturated rings. The molecule has 5 heteroatoms. The normalized spacial score (nSPS) is 17.4. The summed E-state index contributed by atoms with van der Waals surface area (Å²) in [6.07, 6.45) is 0.846. The largest absolute Gasteiger partial charge is 0.493 e. The molecule has 1 aliphatic rings. The van der Waals surface area contributed by atoms with Crippen LogP contribution in [0.3, 0.4) is 0 Å². The highest BCUT2D eigenvalue weighted by Crippen LogP contribution is 2.33. The average Bonchev–Trinajstić information content (AvgIpc) is 2.69. The second-order valence-electron chi connectivity index (χ2n) is 4.15. The number of hydrogen-bond acceptors (Lipinski definition) is 4. The molecule has 0 saturated carbocycles. The number of nitrogens with one attached hydrogen (secondary N) is 2. The molecule has 1 unspecified atom stereocenters. The molecule has 1 aromatic rings. The number of carbonyl (C=O) groups excluding carboxylic acids is 1. The number of hydrogen-bond donors (Lipinski definition) is 2. The maximum atomic E-state index is 11.6. The average molecular weight is 250 g/mol. The molecule has 1 aromatic carbocycles. The van der Waals surface area contributed by atoms with Crippen molar-refractivity contribution in [2.75, 3.05) is 32.7 Å². The fourth-order valence-electron chi connectivity index (χ4n) is 2.01. The Kier molecular flexibility index (Phi) is 4.17. The maximum Gasteiger partial charge on any atom is 0.246 e. The van der Waals surface area contributed by atoms with E-state index in [-0.39, 0.29) is 11.9 Å². The molecule has 2 N–H and O–H groups in total. The first-order chi connectivity index (χ1) is 8.76. The van der Waals surface area contributed by atoms with Crippen molar-refractivity contribution in [2.45, 2.75) is 12.5 Å². The van der Waals surface area contributed by atoms with Crippen LogP contribution in [0.2, 0.25) is 0 Å². The van der Waals surface area contributed by atoms with Crippen LogP contribution in [0.4, 0.5) is 5.69 Å². The van der Waals surface area contributed by atoms with Gasteiger partial charge in [-0.2, -0.15) is 0 Å². The minimum atomic E-state index is -0.262. The van der Waals surface area contributed by atoms with E-state index in [0.29, 0.717) is 13.2 Å². The van der Waals surface area contributed by atoms with Crippen molar-refractivity contribution in [1.29, 1.82) is 0 Å². The standard InChI is InChI=1S/C13H18N2O3/c1-14-12-10-5-4-9(18-7-3-6-17-2)8-11(10)15-13(12)16/h4-5,8,12,14H,3,6-7H2,1-2H3,(H,15,16). The lowest BCUT2D eigenvalue weighted by molar-refractivity contribution is -0.117. The van der Waals surface area contributed by atoms with Crippen LogP contribution in [0.15, 0.2) is 18.2 Å². The Morgan fingerprint density at radius 2 is 2.22 bits per heavy atom. The molecular weight excluding hydrogens is 232 g/mol. The van der Waals surface area contributed by atoms with E-state index in [1.54, 1.807) is 14.2 Å². The number of ether oxygens (including phenoxy) is 2. The summed E-state index contributed by atoms with van der Waals surface area (Å²) in [5.41, 5.74) is 1.79. The van der Waals surface area contributed by atoms with E-state index in [1.165, 1.54) is 0 Å². The molecule has 18 heavy (non-hydrogen) atoms. The van der Waals surface area contributed by atoms with Crippen LogP contribution < -0.4 is 15.4 Å². The monoisotopic (exact) mass is 250 g/mol. The Hall–Kier alpha value is -1.59. The highest BCUT2D eigenvalue weighted by Gasteiger charge is 2.29. The molecule has 0 spiro atoms. The van der Waals surface area contributed by atoms with Crippen LogP contribution in [-0.4, -0.2) is 33.3 Å². The zero-order valence-corrected chi connectivity index (χ0v) is 10.7. The van der Waals surface area contributed by atoms with E-state index in [2.05, 4.69) is 10.6 Å². The predicted molar refractivity (Wildman–Crippen MR) is 68.9 cm³/mol. The van der Waals surface area contributed by atoms with Gasteiger partial charge in [0.25, 0.3) is 0 Å². The molecule has 0 radical (unpaired) electrons. The topological polar surface area (TPSA) is 59.6 Å².